The molecule has 1 aliphatic heterocycles. The van der Waals surface area contributed by atoms with Crippen LogP contribution in [0, 0.1) is 17.4 Å². The summed E-state index contributed by atoms with van der Waals surface area (Å²) in [6.07, 6.45) is 15.9. The Labute approximate surface area is 189 Å². The first kappa shape index (κ1) is 21.0. The molecule has 2 aliphatic carbocycles. The lowest BCUT2D eigenvalue weighted by molar-refractivity contribution is 0.237. The van der Waals surface area contributed by atoms with E-state index in [-0.39, 0.29) is 12.9 Å². The van der Waals surface area contributed by atoms with Crippen molar-refractivity contribution in [3.63, 3.8) is 0 Å². The summed E-state index contributed by atoms with van der Waals surface area (Å²) in [4.78, 5) is 27.3. The highest BCUT2D eigenvalue weighted by atomic mass is 16.1. The molecule has 0 radical (unpaired) electrons. The van der Waals surface area contributed by atoms with Gasteiger partial charge in [0.05, 0.1) is 18.2 Å². The minimum atomic E-state index is -0.119. The smallest absolute Gasteiger partial charge is 0.262 e. The third kappa shape index (κ3) is 4.23. The minimum Gasteiger partial charge on any atom is -0.341 e. The summed E-state index contributed by atoms with van der Waals surface area (Å²) in [5.41, 5.74) is 0.585. The van der Waals surface area contributed by atoms with Gasteiger partial charge in [-0.2, -0.15) is 10.4 Å². The van der Waals surface area contributed by atoms with E-state index in [0.29, 0.717) is 47.9 Å². The fourth-order valence-corrected chi connectivity index (χ4v) is 5.42. The summed E-state index contributed by atoms with van der Waals surface area (Å²) < 4.78 is 1.97. The number of hydrogen-bond donors (Lipinski definition) is 2. The lowest BCUT2D eigenvalue weighted by Gasteiger charge is -2.40. The minimum absolute atomic E-state index is 0. The van der Waals surface area contributed by atoms with E-state index in [1.54, 1.807) is 6.20 Å². The Kier molecular flexibility index (Phi) is 6.10. The van der Waals surface area contributed by atoms with Gasteiger partial charge in [0.15, 0.2) is 11.8 Å². The average Bonchev–Trinajstić information content (AvgIpc) is 3.22. The first-order chi connectivity index (χ1) is 15.7. The van der Waals surface area contributed by atoms with Gasteiger partial charge in [0, 0.05) is 21.1 Å². The Hall–Kier alpha value is -2.89. The maximum atomic E-state index is 12.7. The fourth-order valence-electron chi connectivity index (χ4n) is 5.42. The zero-order valence-electron chi connectivity index (χ0n) is 18.6. The second kappa shape index (κ2) is 9.31. The van der Waals surface area contributed by atoms with Gasteiger partial charge in [-0.25, -0.2) is 9.67 Å². The van der Waals surface area contributed by atoms with E-state index >= 15 is 0 Å². The SMILES string of the molecule is N#CNC(=NCC1CCCCC1)N1CC(c2nc3c(cnn3C3CCCCC3)c(=O)[nH]2)C1.[HH]. The number of rotatable bonds is 4. The van der Waals surface area contributed by atoms with Gasteiger partial charge in [0.25, 0.3) is 5.56 Å². The van der Waals surface area contributed by atoms with Crippen molar-refractivity contribution in [1.29, 1.82) is 5.26 Å². The Balaban J connectivity index is 0.00000259. The number of aromatic amines is 1. The van der Waals surface area contributed by atoms with E-state index in [9.17, 15) is 10.1 Å². The Morgan fingerprint density at radius 2 is 1.91 bits per heavy atom. The molecule has 2 aromatic rings. The Bertz CT molecular complexity index is 1070. The van der Waals surface area contributed by atoms with Crippen LogP contribution in [0.5, 0.6) is 0 Å². The van der Waals surface area contributed by atoms with Gasteiger partial charge in [-0.3, -0.25) is 15.1 Å². The molecule has 0 unspecified atom stereocenters. The molecule has 1 saturated heterocycles. The van der Waals surface area contributed by atoms with Crippen molar-refractivity contribution >= 4 is 17.0 Å². The summed E-state index contributed by atoms with van der Waals surface area (Å²) in [5, 5.41) is 17.0. The zero-order chi connectivity index (χ0) is 21.9. The van der Waals surface area contributed by atoms with Crippen LogP contribution < -0.4 is 10.9 Å². The van der Waals surface area contributed by atoms with E-state index in [1.165, 1.54) is 51.4 Å². The predicted octanol–water partition coefficient (Wildman–Crippen LogP) is 3.28. The largest absolute Gasteiger partial charge is 0.341 e. The van der Waals surface area contributed by atoms with Crippen LogP contribution in [0.1, 0.15) is 83.4 Å². The van der Waals surface area contributed by atoms with Crippen molar-refractivity contribution in [2.45, 2.75) is 76.2 Å². The predicted molar refractivity (Wildman–Crippen MR) is 124 cm³/mol. The fraction of sp³-hybridized carbons (Fsp3) is 0.696. The van der Waals surface area contributed by atoms with Crippen LogP contribution in [0.25, 0.3) is 11.0 Å². The number of aliphatic imine (C=N–C) groups is 1. The van der Waals surface area contributed by atoms with E-state index in [0.717, 1.165) is 19.4 Å². The molecule has 3 fully saturated rings. The molecule has 32 heavy (non-hydrogen) atoms. The van der Waals surface area contributed by atoms with Crippen LogP contribution in [0.4, 0.5) is 0 Å². The van der Waals surface area contributed by atoms with Crippen molar-refractivity contribution < 1.29 is 1.43 Å². The topological polar surface area (TPSA) is 115 Å². The number of nitriles is 1. The van der Waals surface area contributed by atoms with Crippen LogP contribution in [0.2, 0.25) is 0 Å². The molecule has 0 spiro atoms. The maximum absolute atomic E-state index is 12.7. The lowest BCUT2D eigenvalue weighted by Crippen LogP contribution is -2.53. The van der Waals surface area contributed by atoms with Crippen LogP contribution in [-0.2, 0) is 0 Å². The number of nitrogens with one attached hydrogen (secondary N) is 2. The van der Waals surface area contributed by atoms with E-state index in [2.05, 4.69) is 20.3 Å². The van der Waals surface area contributed by atoms with Crippen LogP contribution in [-0.4, -0.2) is 50.2 Å². The molecular formula is C23H34N8O. The number of H-pyrrole nitrogens is 1. The highest BCUT2D eigenvalue weighted by Gasteiger charge is 2.33. The molecular weight excluding hydrogens is 404 g/mol. The zero-order valence-corrected chi connectivity index (χ0v) is 18.6. The number of likely N-dealkylation sites (tertiary alicyclic amines) is 1. The summed E-state index contributed by atoms with van der Waals surface area (Å²) in [6, 6.07) is 0.333. The van der Waals surface area contributed by atoms with Crippen molar-refractivity contribution in [3.8, 4) is 6.19 Å². The summed E-state index contributed by atoms with van der Waals surface area (Å²) in [5.74, 6) is 2.09. The van der Waals surface area contributed by atoms with Gasteiger partial charge in [0.2, 0.25) is 5.96 Å². The highest BCUT2D eigenvalue weighted by molar-refractivity contribution is 5.82. The van der Waals surface area contributed by atoms with Gasteiger partial charge >= 0.3 is 0 Å². The van der Waals surface area contributed by atoms with Gasteiger partial charge in [-0.05, 0) is 31.6 Å². The van der Waals surface area contributed by atoms with Crippen LogP contribution in [0.15, 0.2) is 16.0 Å². The second-order valence-corrected chi connectivity index (χ2v) is 9.58. The van der Waals surface area contributed by atoms with Gasteiger partial charge < -0.3 is 9.88 Å². The number of hydrogen-bond acceptors (Lipinski definition) is 5. The van der Waals surface area contributed by atoms with Crippen molar-refractivity contribution in [1.82, 2.24) is 30.0 Å². The van der Waals surface area contributed by atoms with E-state index in [4.69, 9.17) is 9.98 Å². The second-order valence-electron chi connectivity index (χ2n) is 9.58. The van der Waals surface area contributed by atoms with Gasteiger partial charge in [-0.15, -0.1) is 0 Å². The number of guanidine groups is 1. The third-order valence-electron chi connectivity index (χ3n) is 7.36. The molecule has 3 heterocycles. The molecule has 0 atom stereocenters. The van der Waals surface area contributed by atoms with Crippen molar-refractivity contribution in [2.75, 3.05) is 19.6 Å². The first-order valence-corrected chi connectivity index (χ1v) is 12.1. The number of fused-ring (bicyclic) bond motifs is 1. The van der Waals surface area contributed by atoms with Crippen molar-refractivity contribution in [2.24, 2.45) is 10.9 Å². The molecule has 2 N–H and O–H groups in total. The maximum Gasteiger partial charge on any atom is 0.262 e. The van der Waals surface area contributed by atoms with Gasteiger partial charge in [0.1, 0.15) is 11.2 Å². The normalized spacial score (nSPS) is 21.5. The monoisotopic (exact) mass is 438 g/mol. The molecule has 0 amide bonds. The molecule has 3 aliphatic rings. The van der Waals surface area contributed by atoms with Crippen LogP contribution >= 0.6 is 0 Å². The summed E-state index contributed by atoms with van der Waals surface area (Å²) in [7, 11) is 0. The first-order valence-electron chi connectivity index (χ1n) is 12.1. The number of nitrogens with zero attached hydrogens (tertiary/aromatic N) is 6. The molecule has 172 valence electrons. The molecule has 9 heteroatoms. The molecule has 0 bridgehead atoms. The molecule has 0 aromatic carbocycles. The molecule has 9 nitrogen and oxygen atoms in total. The summed E-state index contributed by atoms with van der Waals surface area (Å²) in [6.45, 7) is 2.14. The van der Waals surface area contributed by atoms with Crippen molar-refractivity contribution in [3.05, 3.63) is 22.4 Å². The van der Waals surface area contributed by atoms with Crippen LogP contribution in [0.3, 0.4) is 0 Å². The summed E-state index contributed by atoms with van der Waals surface area (Å²) >= 11 is 0. The Morgan fingerprint density at radius 1 is 1.19 bits per heavy atom. The van der Waals surface area contributed by atoms with Gasteiger partial charge in [-0.1, -0.05) is 38.5 Å². The van der Waals surface area contributed by atoms with E-state index < -0.39 is 0 Å². The standard InChI is InChI=1S/C23H32N8O.H2/c24-15-26-23(25-11-16-7-3-1-4-8-16)30-13-17(14-30)20-28-21-19(22(32)29-20)12-27-31(21)18-9-5-2-6-10-18;/h12,16-18H,1-11,13-14H2,(H,25,26)(H,28,29,32);1H. The average molecular weight is 439 g/mol. The lowest BCUT2D eigenvalue weighted by atomic mass is 9.89. The number of aromatic nitrogens is 4. The quantitative estimate of drug-likeness (QED) is 0.328. The van der Waals surface area contributed by atoms with E-state index in [1.807, 2.05) is 10.9 Å². The molecule has 2 saturated carbocycles. The Morgan fingerprint density at radius 3 is 2.62 bits per heavy atom. The molecule has 2 aromatic heterocycles. The molecule has 5 rings (SSSR count). The highest BCUT2D eigenvalue weighted by Crippen LogP contribution is 2.30. The third-order valence-corrected chi connectivity index (χ3v) is 7.36.